The van der Waals surface area contributed by atoms with Gasteiger partial charge in [-0.3, -0.25) is 4.79 Å². The van der Waals surface area contributed by atoms with Crippen molar-refractivity contribution in [2.45, 2.75) is 13.3 Å². The molecule has 0 unspecified atom stereocenters. The van der Waals surface area contributed by atoms with Crippen molar-refractivity contribution in [1.82, 2.24) is 0 Å². The van der Waals surface area contributed by atoms with Gasteiger partial charge in [0.2, 0.25) is 0 Å². The zero-order valence-corrected chi connectivity index (χ0v) is 4.90. The highest BCUT2D eigenvalue weighted by atomic mass is 16.1. The number of rotatable bonds is 2. The van der Waals surface area contributed by atoms with Gasteiger partial charge in [0.05, 0.1) is 6.42 Å². The number of carbonyl (C=O) groups is 1. The van der Waals surface area contributed by atoms with Crippen LogP contribution in [0.3, 0.4) is 0 Å². The second-order valence-electron chi connectivity index (χ2n) is 1.58. The Morgan fingerprint density at radius 3 is 2.50 bits per heavy atom. The summed E-state index contributed by atoms with van der Waals surface area (Å²) < 4.78 is 0. The molecule has 1 nitrogen and oxygen atoms in total. The Morgan fingerprint density at radius 2 is 2.38 bits per heavy atom. The van der Waals surface area contributed by atoms with Gasteiger partial charge in [-0.2, -0.15) is 0 Å². The molecule has 0 spiro atoms. The van der Waals surface area contributed by atoms with Gasteiger partial charge in [0.1, 0.15) is 0 Å². The largest absolute Gasteiger partial charge is 0.294 e. The van der Waals surface area contributed by atoms with E-state index in [1.165, 1.54) is 0 Å². The van der Waals surface area contributed by atoms with Gasteiger partial charge in [0.25, 0.3) is 0 Å². The molecule has 0 saturated heterocycles. The third kappa shape index (κ3) is 2.20. The van der Waals surface area contributed by atoms with E-state index >= 15 is 0 Å². The number of hydrogen-bond acceptors (Lipinski definition) is 1. The molecule has 0 amide bonds. The van der Waals surface area contributed by atoms with Gasteiger partial charge >= 0.3 is 0 Å². The highest BCUT2D eigenvalue weighted by Crippen LogP contribution is 1.91. The topological polar surface area (TPSA) is 17.1 Å². The predicted molar refractivity (Wildman–Crippen MR) is 33.3 cm³/mol. The Morgan fingerprint density at radius 1 is 1.88 bits per heavy atom. The van der Waals surface area contributed by atoms with Gasteiger partial charge in [-0.05, 0) is 12.5 Å². The molecule has 0 rings (SSSR count). The summed E-state index contributed by atoms with van der Waals surface area (Å²) in [5.74, 6) is 2.19. The van der Waals surface area contributed by atoms with Crippen molar-refractivity contribution in [3.63, 3.8) is 0 Å². The fraction of sp³-hybridized carbons (Fsp3) is 0.286. The molecule has 0 radical (unpaired) electrons. The van der Waals surface area contributed by atoms with Crippen LogP contribution in [-0.4, -0.2) is 5.78 Å². The minimum Gasteiger partial charge on any atom is -0.294 e. The van der Waals surface area contributed by atoms with E-state index in [4.69, 9.17) is 6.42 Å². The minimum atomic E-state index is -0.0486. The molecule has 0 atom stereocenters. The predicted octanol–water partition coefficient (Wildman–Crippen LogP) is 1.15. The Labute approximate surface area is 49.4 Å². The van der Waals surface area contributed by atoms with E-state index in [0.717, 1.165) is 0 Å². The van der Waals surface area contributed by atoms with Crippen LogP contribution in [0.15, 0.2) is 12.2 Å². The quantitative estimate of drug-likeness (QED) is 0.383. The van der Waals surface area contributed by atoms with E-state index in [-0.39, 0.29) is 12.2 Å². The number of Topliss-reactive ketones (excluding diaryl/α,β-unsaturated/α-hetero) is 1. The first-order valence-electron chi connectivity index (χ1n) is 2.30. The van der Waals surface area contributed by atoms with Crippen molar-refractivity contribution in [2.75, 3.05) is 0 Å². The second-order valence-corrected chi connectivity index (χ2v) is 1.58. The summed E-state index contributed by atoms with van der Waals surface area (Å²) in [6.07, 6.45) is 5.03. The van der Waals surface area contributed by atoms with E-state index < -0.39 is 0 Å². The molecule has 0 aromatic carbocycles. The molecular formula is C7H8O. The van der Waals surface area contributed by atoms with Gasteiger partial charge in [-0.25, -0.2) is 0 Å². The van der Waals surface area contributed by atoms with Crippen molar-refractivity contribution < 1.29 is 4.79 Å². The zero-order valence-electron chi connectivity index (χ0n) is 4.90. The van der Waals surface area contributed by atoms with Gasteiger partial charge in [0, 0.05) is 0 Å². The van der Waals surface area contributed by atoms with E-state index in [1.807, 2.05) is 0 Å². The lowest BCUT2D eigenvalue weighted by Crippen LogP contribution is -1.94. The monoisotopic (exact) mass is 108 g/mol. The van der Waals surface area contributed by atoms with Crippen LogP contribution in [0.1, 0.15) is 13.3 Å². The molecule has 0 aromatic heterocycles. The van der Waals surface area contributed by atoms with E-state index in [9.17, 15) is 4.79 Å². The number of ketones is 1. The van der Waals surface area contributed by atoms with Crippen molar-refractivity contribution in [2.24, 2.45) is 0 Å². The molecule has 0 aromatic rings. The maximum atomic E-state index is 10.5. The summed E-state index contributed by atoms with van der Waals surface area (Å²) >= 11 is 0. The first-order chi connectivity index (χ1) is 3.68. The maximum absolute atomic E-state index is 10.5. The van der Waals surface area contributed by atoms with Crippen molar-refractivity contribution >= 4 is 5.78 Å². The average Bonchev–Trinajstić information content (AvgIpc) is 1.67. The van der Waals surface area contributed by atoms with E-state index in [1.54, 1.807) is 6.92 Å². The molecule has 0 aliphatic rings. The summed E-state index contributed by atoms with van der Waals surface area (Å²) in [6, 6.07) is 0. The molecule has 1 heteroatoms. The van der Waals surface area contributed by atoms with Crippen LogP contribution in [0.4, 0.5) is 0 Å². The second kappa shape index (κ2) is 3.04. The van der Waals surface area contributed by atoms with Crippen LogP contribution in [0.5, 0.6) is 0 Å². The van der Waals surface area contributed by atoms with Crippen molar-refractivity contribution in [1.29, 1.82) is 0 Å². The van der Waals surface area contributed by atoms with Gasteiger partial charge in [-0.1, -0.05) is 12.5 Å². The van der Waals surface area contributed by atoms with Crippen LogP contribution in [-0.2, 0) is 4.79 Å². The molecule has 0 N–H and O–H groups in total. The molecular weight excluding hydrogens is 100 g/mol. The molecule has 0 aliphatic carbocycles. The fourth-order valence-electron chi connectivity index (χ4n) is 0.244. The molecule has 8 heavy (non-hydrogen) atoms. The Bertz CT molecular complexity index is 148. The van der Waals surface area contributed by atoms with Gasteiger partial charge in [0.15, 0.2) is 5.78 Å². The number of terminal acetylenes is 1. The van der Waals surface area contributed by atoms with Crippen molar-refractivity contribution in [3.05, 3.63) is 12.2 Å². The lowest BCUT2D eigenvalue weighted by atomic mass is 10.2. The van der Waals surface area contributed by atoms with Crippen molar-refractivity contribution in [3.8, 4) is 12.3 Å². The summed E-state index contributed by atoms with van der Waals surface area (Å²) in [5.41, 5.74) is 0.531. The molecule has 0 aliphatic heterocycles. The summed E-state index contributed by atoms with van der Waals surface area (Å²) in [6.45, 7) is 5.08. The molecule has 42 valence electrons. The highest BCUT2D eigenvalue weighted by Gasteiger charge is 1.96. The smallest absolute Gasteiger partial charge is 0.169 e. The van der Waals surface area contributed by atoms with Crippen LogP contribution in [0.2, 0.25) is 0 Å². The SMILES string of the molecule is C#CCC(=O)C(=C)C. The van der Waals surface area contributed by atoms with Crippen LogP contribution < -0.4 is 0 Å². The van der Waals surface area contributed by atoms with Crippen LogP contribution in [0, 0.1) is 12.3 Å². The van der Waals surface area contributed by atoms with Crippen LogP contribution in [0.25, 0.3) is 0 Å². The first kappa shape index (κ1) is 6.97. The Balaban J connectivity index is 3.71. The molecule has 0 bridgehead atoms. The lowest BCUT2D eigenvalue weighted by Gasteiger charge is -1.87. The number of hydrogen-bond donors (Lipinski definition) is 0. The number of allylic oxidation sites excluding steroid dienone is 1. The summed E-state index contributed by atoms with van der Waals surface area (Å²) in [7, 11) is 0. The average molecular weight is 108 g/mol. The Kier molecular flexibility index (Phi) is 2.64. The highest BCUT2D eigenvalue weighted by molar-refractivity contribution is 5.95. The minimum absolute atomic E-state index is 0.0486. The van der Waals surface area contributed by atoms with Gasteiger partial charge < -0.3 is 0 Å². The molecule has 0 fully saturated rings. The summed E-state index contributed by atoms with van der Waals surface area (Å²) in [4.78, 5) is 10.5. The Hall–Kier alpha value is -1.03. The standard InChI is InChI=1S/C7H8O/c1-4-5-7(8)6(2)3/h1H,2,5H2,3H3. The van der Waals surface area contributed by atoms with Gasteiger partial charge in [-0.15, -0.1) is 6.42 Å². The molecule has 0 saturated carbocycles. The summed E-state index contributed by atoms with van der Waals surface area (Å²) in [5, 5.41) is 0. The third-order valence-electron chi connectivity index (χ3n) is 0.739. The normalized spacial score (nSPS) is 7.50. The maximum Gasteiger partial charge on any atom is 0.169 e. The third-order valence-corrected chi connectivity index (χ3v) is 0.739. The van der Waals surface area contributed by atoms with E-state index in [2.05, 4.69) is 12.5 Å². The van der Waals surface area contributed by atoms with Crippen LogP contribution >= 0.6 is 0 Å². The number of carbonyl (C=O) groups excluding carboxylic acids is 1. The van der Waals surface area contributed by atoms with E-state index in [0.29, 0.717) is 5.57 Å². The zero-order chi connectivity index (χ0) is 6.57. The molecule has 0 heterocycles. The first-order valence-corrected chi connectivity index (χ1v) is 2.30. The lowest BCUT2D eigenvalue weighted by molar-refractivity contribution is -0.114. The fourth-order valence-corrected chi connectivity index (χ4v) is 0.244.